The van der Waals surface area contributed by atoms with Gasteiger partial charge in [-0.1, -0.05) is 30.3 Å². The van der Waals surface area contributed by atoms with Gasteiger partial charge in [0.25, 0.3) is 10.0 Å². The Morgan fingerprint density at radius 3 is 2.48 bits per heavy atom. The average molecular weight is 454 g/mol. The molecule has 31 heavy (non-hydrogen) atoms. The Kier molecular flexibility index (Phi) is 5.84. The van der Waals surface area contributed by atoms with E-state index in [9.17, 15) is 8.42 Å². The van der Waals surface area contributed by atoms with Crippen LogP contribution in [0.2, 0.25) is 0 Å². The van der Waals surface area contributed by atoms with E-state index in [-0.39, 0.29) is 4.90 Å². The maximum absolute atomic E-state index is 13.1. The smallest absolute Gasteiger partial charge is 0.263 e. The molecule has 0 aliphatic heterocycles. The number of thiazole rings is 1. The van der Waals surface area contributed by atoms with Crippen LogP contribution in [0.5, 0.6) is 5.75 Å². The van der Waals surface area contributed by atoms with E-state index in [0.29, 0.717) is 23.7 Å². The minimum absolute atomic E-state index is 0.232. The standard InChI is InChI=1S/C23H23N3O3S2/c1-4-29-19-12-10-18(11-13-19)25-31(27,28)22-14-21(26(3)16(22)2)23-24-20(15-30-23)17-8-6-5-7-9-17/h5-15,25H,4H2,1-3H3. The van der Waals surface area contributed by atoms with Crippen molar-refractivity contribution in [3.63, 3.8) is 0 Å². The summed E-state index contributed by atoms with van der Waals surface area (Å²) in [6.45, 7) is 4.25. The fraction of sp³-hybridized carbons (Fsp3) is 0.174. The summed E-state index contributed by atoms with van der Waals surface area (Å²) in [5, 5.41) is 2.76. The quantitative estimate of drug-likeness (QED) is 0.411. The Morgan fingerprint density at radius 1 is 1.10 bits per heavy atom. The third-order valence-corrected chi connectivity index (χ3v) is 7.35. The molecule has 4 rings (SSSR count). The van der Waals surface area contributed by atoms with Crippen molar-refractivity contribution in [1.29, 1.82) is 0 Å². The number of sulfonamides is 1. The molecule has 0 fully saturated rings. The molecule has 2 heterocycles. The summed E-state index contributed by atoms with van der Waals surface area (Å²) in [4.78, 5) is 4.96. The molecule has 1 N–H and O–H groups in total. The number of hydrogen-bond donors (Lipinski definition) is 1. The molecule has 6 nitrogen and oxygen atoms in total. The first-order valence-corrected chi connectivity index (χ1v) is 12.2. The molecule has 0 radical (unpaired) electrons. The predicted octanol–water partition coefficient (Wildman–Crippen LogP) is 5.32. The van der Waals surface area contributed by atoms with Gasteiger partial charge < -0.3 is 9.30 Å². The third kappa shape index (κ3) is 4.35. The summed E-state index contributed by atoms with van der Waals surface area (Å²) in [6, 6.07) is 18.5. The molecule has 2 aromatic heterocycles. The summed E-state index contributed by atoms with van der Waals surface area (Å²) in [5.41, 5.74) is 3.79. The van der Waals surface area contributed by atoms with Crippen LogP contribution in [0.15, 0.2) is 70.9 Å². The summed E-state index contributed by atoms with van der Waals surface area (Å²) in [7, 11) is -1.91. The lowest BCUT2D eigenvalue weighted by Crippen LogP contribution is -2.13. The van der Waals surface area contributed by atoms with Crippen LogP contribution in [0, 0.1) is 6.92 Å². The van der Waals surface area contributed by atoms with Gasteiger partial charge in [0.2, 0.25) is 0 Å². The van der Waals surface area contributed by atoms with Gasteiger partial charge in [0.1, 0.15) is 15.7 Å². The monoisotopic (exact) mass is 453 g/mol. The molecule has 4 aromatic rings. The Hall–Kier alpha value is -3.10. The fourth-order valence-corrected chi connectivity index (χ4v) is 5.51. The van der Waals surface area contributed by atoms with Crippen molar-refractivity contribution in [3.05, 3.63) is 71.7 Å². The molecular formula is C23H23N3O3S2. The summed E-state index contributed by atoms with van der Waals surface area (Å²) >= 11 is 1.49. The highest BCUT2D eigenvalue weighted by Gasteiger charge is 2.23. The van der Waals surface area contributed by atoms with Crippen LogP contribution in [0.3, 0.4) is 0 Å². The lowest BCUT2D eigenvalue weighted by atomic mass is 10.2. The van der Waals surface area contributed by atoms with Crippen LogP contribution < -0.4 is 9.46 Å². The van der Waals surface area contributed by atoms with Gasteiger partial charge in [0, 0.05) is 29.4 Å². The number of anilines is 1. The maximum Gasteiger partial charge on any atom is 0.263 e. The van der Waals surface area contributed by atoms with Gasteiger partial charge in [0.15, 0.2) is 0 Å². The Bertz CT molecular complexity index is 1290. The van der Waals surface area contributed by atoms with Crippen LogP contribution in [-0.4, -0.2) is 24.6 Å². The van der Waals surface area contributed by atoms with Crippen molar-refractivity contribution in [2.45, 2.75) is 18.7 Å². The maximum atomic E-state index is 13.1. The number of rotatable bonds is 7. The number of benzene rings is 2. The molecule has 0 amide bonds. The second-order valence-electron chi connectivity index (χ2n) is 7.01. The molecule has 0 saturated carbocycles. The molecule has 0 aliphatic carbocycles. The third-order valence-electron chi connectivity index (χ3n) is 4.99. The van der Waals surface area contributed by atoms with E-state index in [2.05, 4.69) is 4.72 Å². The summed E-state index contributed by atoms with van der Waals surface area (Å²) in [5.74, 6) is 0.696. The fourth-order valence-electron chi connectivity index (χ4n) is 3.28. The van der Waals surface area contributed by atoms with Gasteiger partial charge >= 0.3 is 0 Å². The zero-order chi connectivity index (χ0) is 22.0. The van der Waals surface area contributed by atoms with Crippen LogP contribution >= 0.6 is 11.3 Å². The topological polar surface area (TPSA) is 73.2 Å². The molecule has 8 heteroatoms. The summed E-state index contributed by atoms with van der Waals surface area (Å²) in [6.07, 6.45) is 0. The lowest BCUT2D eigenvalue weighted by Gasteiger charge is -2.09. The molecule has 2 aromatic carbocycles. The number of nitrogens with one attached hydrogen (secondary N) is 1. The van der Waals surface area contributed by atoms with Gasteiger partial charge in [-0.25, -0.2) is 13.4 Å². The van der Waals surface area contributed by atoms with E-state index in [1.54, 1.807) is 37.3 Å². The van der Waals surface area contributed by atoms with E-state index in [1.807, 2.05) is 54.3 Å². The molecule has 0 unspecified atom stereocenters. The van der Waals surface area contributed by atoms with Gasteiger partial charge in [-0.2, -0.15) is 0 Å². The molecule has 0 aliphatic rings. The van der Waals surface area contributed by atoms with Crippen LogP contribution in [-0.2, 0) is 17.1 Å². The number of hydrogen-bond acceptors (Lipinski definition) is 5. The molecule has 0 atom stereocenters. The predicted molar refractivity (Wildman–Crippen MR) is 125 cm³/mol. The molecule has 0 spiro atoms. The highest BCUT2D eigenvalue weighted by molar-refractivity contribution is 7.92. The molecule has 160 valence electrons. The van der Waals surface area contributed by atoms with E-state index < -0.39 is 10.0 Å². The second kappa shape index (κ2) is 8.56. The molecule has 0 bridgehead atoms. The van der Waals surface area contributed by atoms with Gasteiger partial charge in [0.05, 0.1) is 18.0 Å². The number of nitrogens with zero attached hydrogens (tertiary/aromatic N) is 2. The van der Waals surface area contributed by atoms with Crippen molar-refractivity contribution < 1.29 is 13.2 Å². The normalized spacial score (nSPS) is 11.5. The van der Waals surface area contributed by atoms with Crippen molar-refractivity contribution in [1.82, 2.24) is 9.55 Å². The Morgan fingerprint density at radius 2 is 1.81 bits per heavy atom. The minimum atomic E-state index is -3.76. The highest BCUT2D eigenvalue weighted by atomic mass is 32.2. The van der Waals surface area contributed by atoms with E-state index >= 15 is 0 Å². The van der Waals surface area contributed by atoms with Crippen molar-refractivity contribution >= 4 is 27.0 Å². The van der Waals surface area contributed by atoms with E-state index in [1.165, 1.54) is 11.3 Å². The SMILES string of the molecule is CCOc1ccc(NS(=O)(=O)c2cc(-c3nc(-c4ccccc4)cs3)n(C)c2C)cc1. The minimum Gasteiger partial charge on any atom is -0.494 e. The van der Waals surface area contributed by atoms with E-state index in [4.69, 9.17) is 9.72 Å². The Balaban J connectivity index is 1.63. The average Bonchev–Trinajstić information content (AvgIpc) is 3.36. The highest BCUT2D eigenvalue weighted by Crippen LogP contribution is 2.33. The summed E-state index contributed by atoms with van der Waals surface area (Å²) < 4.78 is 36.1. The van der Waals surface area contributed by atoms with Crippen molar-refractivity contribution in [2.75, 3.05) is 11.3 Å². The largest absolute Gasteiger partial charge is 0.494 e. The zero-order valence-corrected chi connectivity index (χ0v) is 19.1. The van der Waals surface area contributed by atoms with Crippen LogP contribution in [0.4, 0.5) is 5.69 Å². The van der Waals surface area contributed by atoms with Crippen LogP contribution in [0.1, 0.15) is 12.6 Å². The first-order valence-electron chi connectivity index (χ1n) is 9.82. The molecule has 0 saturated heterocycles. The van der Waals surface area contributed by atoms with Crippen molar-refractivity contribution in [3.8, 4) is 27.7 Å². The first-order chi connectivity index (χ1) is 14.9. The van der Waals surface area contributed by atoms with Gasteiger partial charge in [-0.15, -0.1) is 11.3 Å². The molecular weight excluding hydrogens is 430 g/mol. The first kappa shape index (κ1) is 21.1. The number of aromatic nitrogens is 2. The van der Waals surface area contributed by atoms with Gasteiger partial charge in [-0.3, -0.25) is 4.72 Å². The van der Waals surface area contributed by atoms with Gasteiger partial charge in [-0.05, 0) is 44.2 Å². The number of ether oxygens (including phenoxy) is 1. The van der Waals surface area contributed by atoms with E-state index in [0.717, 1.165) is 22.0 Å². The second-order valence-corrected chi connectivity index (χ2v) is 9.51. The van der Waals surface area contributed by atoms with Crippen molar-refractivity contribution in [2.24, 2.45) is 7.05 Å². The Labute approximate surface area is 186 Å². The van der Waals surface area contributed by atoms with Crippen LogP contribution in [0.25, 0.3) is 22.0 Å². The zero-order valence-electron chi connectivity index (χ0n) is 17.5. The lowest BCUT2D eigenvalue weighted by molar-refractivity contribution is 0.340.